The highest BCUT2D eigenvalue weighted by Crippen LogP contribution is 2.36. The SMILES string of the molecule is CCOC(=O)CC([C@H]([C@@H](N[S@@](=O)c1ccc(C)cc1)C(C)C)[N+](=O)[O-])C(F)(F)F. The fraction of sp³-hybridized carbons (Fsp3) is 0.611. The zero-order chi connectivity index (χ0) is 22.4. The van der Waals surface area contributed by atoms with Crippen molar-refractivity contribution < 1.29 is 31.8 Å². The first kappa shape index (κ1) is 25.0. The van der Waals surface area contributed by atoms with Gasteiger partial charge in [-0.1, -0.05) is 31.5 Å². The van der Waals surface area contributed by atoms with Crippen LogP contribution in [0.5, 0.6) is 0 Å². The molecule has 164 valence electrons. The summed E-state index contributed by atoms with van der Waals surface area (Å²) in [6, 6.07) is 2.75. The number of nitro groups is 1. The highest BCUT2D eigenvalue weighted by atomic mass is 32.2. The lowest BCUT2D eigenvalue weighted by atomic mass is 9.85. The minimum Gasteiger partial charge on any atom is -0.466 e. The number of hydrogen-bond acceptors (Lipinski definition) is 5. The van der Waals surface area contributed by atoms with Crippen molar-refractivity contribution in [2.45, 2.75) is 57.3 Å². The third-order valence-electron chi connectivity index (χ3n) is 4.33. The number of ether oxygens (including phenoxy) is 1. The number of esters is 1. The van der Waals surface area contributed by atoms with Gasteiger partial charge in [-0.25, -0.2) is 8.93 Å². The highest BCUT2D eigenvalue weighted by molar-refractivity contribution is 7.83. The van der Waals surface area contributed by atoms with Gasteiger partial charge in [0, 0.05) is 4.92 Å². The van der Waals surface area contributed by atoms with Gasteiger partial charge in [0.25, 0.3) is 0 Å². The molecule has 0 amide bonds. The van der Waals surface area contributed by atoms with Gasteiger partial charge < -0.3 is 4.74 Å². The summed E-state index contributed by atoms with van der Waals surface area (Å²) in [5.41, 5.74) is 0.890. The van der Waals surface area contributed by atoms with E-state index >= 15 is 0 Å². The zero-order valence-corrected chi connectivity index (χ0v) is 17.4. The Bertz CT molecular complexity index is 725. The summed E-state index contributed by atoms with van der Waals surface area (Å²) >= 11 is 0. The molecule has 0 radical (unpaired) electrons. The Morgan fingerprint density at radius 1 is 1.28 bits per heavy atom. The molecule has 0 spiro atoms. The molecule has 1 unspecified atom stereocenters. The maximum atomic E-state index is 13.6. The fourth-order valence-electron chi connectivity index (χ4n) is 2.81. The molecule has 0 saturated heterocycles. The number of aryl methyl sites for hydroxylation is 1. The van der Waals surface area contributed by atoms with E-state index in [9.17, 15) is 32.3 Å². The maximum absolute atomic E-state index is 13.6. The molecule has 29 heavy (non-hydrogen) atoms. The van der Waals surface area contributed by atoms with Crippen LogP contribution >= 0.6 is 0 Å². The van der Waals surface area contributed by atoms with Gasteiger partial charge in [0.1, 0.15) is 16.9 Å². The van der Waals surface area contributed by atoms with E-state index in [1.54, 1.807) is 12.1 Å². The summed E-state index contributed by atoms with van der Waals surface area (Å²) in [5, 5.41) is 11.7. The normalized spacial score (nSPS) is 16.1. The van der Waals surface area contributed by atoms with Gasteiger partial charge in [0.15, 0.2) is 0 Å². The number of carbonyl (C=O) groups excluding carboxylic acids is 1. The molecule has 0 bridgehead atoms. The first-order chi connectivity index (χ1) is 13.4. The van der Waals surface area contributed by atoms with Crippen LogP contribution in [0, 0.1) is 28.9 Å². The van der Waals surface area contributed by atoms with Gasteiger partial charge in [-0.2, -0.15) is 13.2 Å². The molecule has 0 aromatic heterocycles. The van der Waals surface area contributed by atoms with Gasteiger partial charge in [-0.15, -0.1) is 0 Å². The van der Waals surface area contributed by atoms with Crippen molar-refractivity contribution in [3.63, 3.8) is 0 Å². The molecule has 11 heteroatoms. The molecule has 0 heterocycles. The monoisotopic (exact) mass is 438 g/mol. The zero-order valence-electron chi connectivity index (χ0n) is 16.6. The summed E-state index contributed by atoms with van der Waals surface area (Å²) in [7, 11) is -1.98. The van der Waals surface area contributed by atoms with Crippen LogP contribution in [0.25, 0.3) is 0 Å². The highest BCUT2D eigenvalue weighted by Gasteiger charge is 2.55. The van der Waals surface area contributed by atoms with Gasteiger partial charge in [0.2, 0.25) is 6.04 Å². The summed E-state index contributed by atoms with van der Waals surface area (Å²) in [6.45, 7) is 6.06. The third-order valence-corrected chi connectivity index (χ3v) is 5.52. The van der Waals surface area contributed by atoms with E-state index < -0.39 is 58.4 Å². The smallest absolute Gasteiger partial charge is 0.399 e. The molecule has 0 aliphatic rings. The Morgan fingerprint density at radius 3 is 2.24 bits per heavy atom. The van der Waals surface area contributed by atoms with Crippen molar-refractivity contribution in [1.29, 1.82) is 0 Å². The van der Waals surface area contributed by atoms with Gasteiger partial charge in [-0.3, -0.25) is 14.9 Å². The van der Waals surface area contributed by atoms with Crippen molar-refractivity contribution >= 4 is 17.0 Å². The molecule has 0 fully saturated rings. The quantitative estimate of drug-likeness (QED) is 0.343. The number of benzene rings is 1. The van der Waals surface area contributed by atoms with Gasteiger partial charge in [-0.05, 0) is 31.9 Å². The van der Waals surface area contributed by atoms with Crippen LogP contribution in [0.1, 0.15) is 32.8 Å². The van der Waals surface area contributed by atoms with E-state index in [-0.39, 0.29) is 11.5 Å². The average Bonchev–Trinajstić information content (AvgIpc) is 2.59. The Kier molecular flexibility index (Phi) is 9.21. The molecular weight excluding hydrogens is 413 g/mol. The lowest BCUT2D eigenvalue weighted by Crippen LogP contribution is -2.55. The Balaban J connectivity index is 3.25. The largest absolute Gasteiger partial charge is 0.466 e. The van der Waals surface area contributed by atoms with Crippen LogP contribution in [0.3, 0.4) is 0 Å². The van der Waals surface area contributed by atoms with Crippen molar-refractivity contribution in [2.75, 3.05) is 6.61 Å². The Morgan fingerprint density at radius 2 is 1.83 bits per heavy atom. The van der Waals surface area contributed by atoms with E-state index in [1.165, 1.54) is 32.9 Å². The van der Waals surface area contributed by atoms with Crippen molar-refractivity contribution in [2.24, 2.45) is 11.8 Å². The summed E-state index contributed by atoms with van der Waals surface area (Å²) < 4.78 is 60.6. The maximum Gasteiger partial charge on any atom is 0.399 e. The number of nitrogens with zero attached hydrogens (tertiary/aromatic N) is 1. The molecule has 1 aromatic rings. The summed E-state index contributed by atoms with van der Waals surface area (Å²) in [6.07, 6.45) is -6.21. The van der Waals surface area contributed by atoms with E-state index in [1.807, 2.05) is 6.92 Å². The van der Waals surface area contributed by atoms with E-state index in [4.69, 9.17) is 0 Å². The second kappa shape index (κ2) is 10.7. The predicted molar refractivity (Wildman–Crippen MR) is 101 cm³/mol. The molecule has 4 atom stereocenters. The lowest BCUT2D eigenvalue weighted by Gasteiger charge is -2.31. The first-order valence-electron chi connectivity index (χ1n) is 8.98. The molecule has 1 rings (SSSR count). The number of rotatable bonds is 10. The van der Waals surface area contributed by atoms with Gasteiger partial charge in [0.05, 0.1) is 24.0 Å². The molecule has 0 aliphatic carbocycles. The Hall–Kier alpha value is -2.01. The summed E-state index contributed by atoms with van der Waals surface area (Å²) in [4.78, 5) is 22.5. The second-order valence-electron chi connectivity index (χ2n) is 6.90. The number of hydrogen-bond donors (Lipinski definition) is 1. The van der Waals surface area contributed by atoms with Crippen molar-refractivity contribution in [3.05, 3.63) is 39.9 Å². The van der Waals surface area contributed by atoms with Crippen LogP contribution in [-0.2, 0) is 20.5 Å². The number of nitrogens with one attached hydrogen (secondary N) is 1. The molecule has 0 saturated carbocycles. The van der Waals surface area contributed by atoms with E-state index in [0.717, 1.165) is 5.56 Å². The number of halogens is 3. The minimum absolute atomic E-state index is 0.143. The second-order valence-corrected chi connectivity index (χ2v) is 8.15. The van der Waals surface area contributed by atoms with Crippen LogP contribution in [0.15, 0.2) is 29.2 Å². The predicted octanol–water partition coefficient (Wildman–Crippen LogP) is 3.41. The number of carbonyl (C=O) groups is 1. The van der Waals surface area contributed by atoms with Gasteiger partial charge >= 0.3 is 12.1 Å². The lowest BCUT2D eigenvalue weighted by molar-refractivity contribution is -0.546. The standard InChI is InChI=1S/C18H25F3N2O5S/c1-5-28-15(24)10-14(18(19,20)21)17(23(25)26)16(11(2)3)22-29(27)13-8-6-12(4)7-9-13/h6-9,11,14,16-17,22H,5,10H2,1-4H3/t14?,16-,17+,29-/m0/s1. The molecular formula is C18H25F3N2O5S. The van der Waals surface area contributed by atoms with Crippen LogP contribution in [0.2, 0.25) is 0 Å². The average molecular weight is 438 g/mol. The topological polar surface area (TPSA) is 98.5 Å². The first-order valence-corrected chi connectivity index (χ1v) is 10.1. The van der Waals surface area contributed by atoms with E-state index in [2.05, 4.69) is 9.46 Å². The summed E-state index contributed by atoms with van der Waals surface area (Å²) in [5.74, 6) is -4.44. The molecule has 1 aromatic carbocycles. The number of alkyl halides is 3. The van der Waals surface area contributed by atoms with Crippen LogP contribution in [-0.4, -0.2) is 40.0 Å². The fourth-order valence-corrected chi connectivity index (χ4v) is 3.99. The van der Waals surface area contributed by atoms with Crippen LogP contribution < -0.4 is 4.72 Å². The Labute approximate surface area is 169 Å². The van der Waals surface area contributed by atoms with Crippen LogP contribution in [0.4, 0.5) is 13.2 Å². The van der Waals surface area contributed by atoms with Crippen molar-refractivity contribution in [3.8, 4) is 0 Å². The van der Waals surface area contributed by atoms with Crippen molar-refractivity contribution in [1.82, 2.24) is 4.72 Å². The third kappa shape index (κ3) is 7.39. The minimum atomic E-state index is -5.02. The molecule has 0 aliphatic heterocycles. The molecule has 7 nitrogen and oxygen atoms in total. The van der Waals surface area contributed by atoms with E-state index in [0.29, 0.717) is 0 Å². The molecule has 1 N–H and O–H groups in total.